The standard InChI is InChI=1S/C11H13N3O3S/c12-7-2-1-3-8(4-7)14-10-6-18(16,17)5-9(10)13-11(14)15/h1-4,9-10H,5-6,12H2,(H,13,15)/t9-,10+/m0/s1. The maximum Gasteiger partial charge on any atom is 0.322 e. The Hall–Kier alpha value is -1.76. The lowest BCUT2D eigenvalue weighted by Crippen LogP contribution is -2.36. The van der Waals surface area contributed by atoms with E-state index in [0.29, 0.717) is 11.4 Å². The lowest BCUT2D eigenvalue weighted by molar-refractivity contribution is 0.251. The second-order valence-electron chi connectivity index (χ2n) is 4.67. The molecular weight excluding hydrogens is 254 g/mol. The number of anilines is 2. The number of benzene rings is 1. The van der Waals surface area contributed by atoms with E-state index in [0.717, 1.165) is 0 Å². The molecule has 0 bridgehead atoms. The van der Waals surface area contributed by atoms with Gasteiger partial charge in [0, 0.05) is 11.4 Å². The van der Waals surface area contributed by atoms with Crippen LogP contribution in [0.2, 0.25) is 0 Å². The number of nitrogens with two attached hydrogens (primary N) is 1. The molecule has 1 aromatic rings. The molecule has 3 rings (SSSR count). The van der Waals surface area contributed by atoms with Crippen molar-refractivity contribution in [2.75, 3.05) is 22.1 Å². The Kier molecular flexibility index (Phi) is 2.28. The van der Waals surface area contributed by atoms with E-state index >= 15 is 0 Å². The molecule has 1 aromatic carbocycles. The highest BCUT2D eigenvalue weighted by atomic mass is 32.2. The minimum atomic E-state index is -3.07. The highest BCUT2D eigenvalue weighted by molar-refractivity contribution is 7.91. The predicted octanol–water partition coefficient (Wildman–Crippen LogP) is -0.0360. The van der Waals surface area contributed by atoms with Crippen LogP contribution in [0.5, 0.6) is 0 Å². The number of fused-ring (bicyclic) bond motifs is 1. The number of nitrogen functional groups attached to an aromatic ring is 1. The number of hydrogen-bond donors (Lipinski definition) is 2. The molecule has 2 aliphatic heterocycles. The summed E-state index contributed by atoms with van der Waals surface area (Å²) in [6.45, 7) is 0. The summed E-state index contributed by atoms with van der Waals surface area (Å²) in [6, 6.07) is 5.99. The summed E-state index contributed by atoms with van der Waals surface area (Å²) >= 11 is 0. The number of amides is 2. The van der Waals surface area contributed by atoms with Gasteiger partial charge in [-0.05, 0) is 18.2 Å². The molecule has 0 aromatic heterocycles. The molecule has 0 spiro atoms. The first kappa shape index (κ1) is 11.3. The van der Waals surface area contributed by atoms with Crippen molar-refractivity contribution < 1.29 is 13.2 Å². The third-order valence-electron chi connectivity index (χ3n) is 3.33. The van der Waals surface area contributed by atoms with Gasteiger partial charge in [-0.3, -0.25) is 4.90 Å². The van der Waals surface area contributed by atoms with Gasteiger partial charge in [0.1, 0.15) is 0 Å². The first-order valence-electron chi connectivity index (χ1n) is 5.62. The molecule has 2 heterocycles. The summed E-state index contributed by atoms with van der Waals surface area (Å²) in [5.41, 5.74) is 6.87. The zero-order chi connectivity index (χ0) is 12.9. The van der Waals surface area contributed by atoms with Crippen molar-refractivity contribution in [1.29, 1.82) is 0 Å². The van der Waals surface area contributed by atoms with Gasteiger partial charge >= 0.3 is 6.03 Å². The van der Waals surface area contributed by atoms with Crippen LogP contribution in [-0.4, -0.2) is 38.0 Å². The van der Waals surface area contributed by atoms with Crippen LogP contribution in [0.4, 0.5) is 16.2 Å². The first-order valence-corrected chi connectivity index (χ1v) is 7.44. The Morgan fingerprint density at radius 2 is 2.11 bits per heavy atom. The van der Waals surface area contributed by atoms with Crippen molar-refractivity contribution in [3.63, 3.8) is 0 Å². The first-order chi connectivity index (χ1) is 8.46. The molecule has 3 N–H and O–H groups in total. The maximum absolute atomic E-state index is 11.9. The quantitative estimate of drug-likeness (QED) is 0.552. The fraction of sp³-hybridized carbons (Fsp3) is 0.364. The van der Waals surface area contributed by atoms with Gasteiger partial charge in [0.05, 0.1) is 23.6 Å². The molecule has 2 amide bonds. The smallest absolute Gasteiger partial charge is 0.322 e. The van der Waals surface area contributed by atoms with E-state index in [2.05, 4.69) is 5.32 Å². The summed E-state index contributed by atoms with van der Waals surface area (Å²) in [5.74, 6) is 0.0213. The highest BCUT2D eigenvalue weighted by Gasteiger charge is 2.49. The van der Waals surface area contributed by atoms with Gasteiger partial charge in [0.15, 0.2) is 9.84 Å². The Morgan fingerprint density at radius 1 is 1.33 bits per heavy atom. The largest absolute Gasteiger partial charge is 0.399 e. The van der Waals surface area contributed by atoms with Gasteiger partial charge < -0.3 is 11.1 Å². The van der Waals surface area contributed by atoms with Crippen LogP contribution >= 0.6 is 0 Å². The van der Waals surface area contributed by atoms with E-state index in [1.807, 2.05) is 0 Å². The number of nitrogens with zero attached hydrogens (tertiary/aromatic N) is 1. The molecular formula is C11H13N3O3S. The summed E-state index contributed by atoms with van der Waals surface area (Å²) in [5, 5.41) is 2.71. The average molecular weight is 267 g/mol. The molecule has 7 heteroatoms. The van der Waals surface area contributed by atoms with Gasteiger partial charge in [-0.25, -0.2) is 13.2 Å². The van der Waals surface area contributed by atoms with Gasteiger partial charge in [0.2, 0.25) is 0 Å². The number of nitrogens with one attached hydrogen (secondary N) is 1. The topological polar surface area (TPSA) is 92.5 Å². The van der Waals surface area contributed by atoms with E-state index in [9.17, 15) is 13.2 Å². The van der Waals surface area contributed by atoms with Crippen LogP contribution in [0.15, 0.2) is 24.3 Å². The minimum Gasteiger partial charge on any atom is -0.399 e. The number of hydrogen-bond acceptors (Lipinski definition) is 4. The van der Waals surface area contributed by atoms with Crippen LogP contribution in [0, 0.1) is 0 Å². The van der Waals surface area contributed by atoms with Crippen molar-refractivity contribution in [1.82, 2.24) is 5.32 Å². The fourth-order valence-corrected chi connectivity index (χ4v) is 4.47. The third-order valence-corrected chi connectivity index (χ3v) is 5.05. The van der Waals surface area contributed by atoms with E-state index in [1.165, 1.54) is 4.90 Å². The number of sulfone groups is 1. The molecule has 0 saturated carbocycles. The summed E-state index contributed by atoms with van der Waals surface area (Å²) < 4.78 is 23.2. The van der Waals surface area contributed by atoms with Crippen LogP contribution in [0.25, 0.3) is 0 Å². The molecule has 18 heavy (non-hydrogen) atoms. The van der Waals surface area contributed by atoms with Gasteiger partial charge in [0.25, 0.3) is 0 Å². The van der Waals surface area contributed by atoms with E-state index in [-0.39, 0.29) is 29.6 Å². The van der Waals surface area contributed by atoms with E-state index in [1.54, 1.807) is 24.3 Å². The van der Waals surface area contributed by atoms with Crippen LogP contribution in [0.1, 0.15) is 0 Å². The lowest BCUT2D eigenvalue weighted by atomic mass is 10.1. The molecule has 0 unspecified atom stereocenters. The SMILES string of the molecule is Nc1cccc(N2C(=O)N[C@H]3CS(=O)(=O)C[C@H]32)c1. The number of rotatable bonds is 1. The lowest BCUT2D eigenvalue weighted by Gasteiger charge is -2.21. The molecule has 2 fully saturated rings. The van der Waals surface area contributed by atoms with Crippen LogP contribution in [0.3, 0.4) is 0 Å². The van der Waals surface area contributed by atoms with Crippen molar-refractivity contribution in [2.24, 2.45) is 0 Å². The van der Waals surface area contributed by atoms with E-state index < -0.39 is 9.84 Å². The van der Waals surface area contributed by atoms with Crippen molar-refractivity contribution >= 4 is 27.2 Å². The molecule has 2 saturated heterocycles. The van der Waals surface area contributed by atoms with Gasteiger partial charge in [-0.15, -0.1) is 0 Å². The number of carbonyl (C=O) groups excluding carboxylic acids is 1. The van der Waals surface area contributed by atoms with Crippen LogP contribution in [-0.2, 0) is 9.84 Å². The summed E-state index contributed by atoms with van der Waals surface area (Å²) in [7, 11) is -3.07. The van der Waals surface area contributed by atoms with Crippen molar-refractivity contribution in [3.05, 3.63) is 24.3 Å². The molecule has 0 aliphatic carbocycles. The van der Waals surface area contributed by atoms with Crippen LogP contribution < -0.4 is 16.0 Å². The Bertz CT molecular complexity index is 614. The Morgan fingerprint density at radius 3 is 2.83 bits per heavy atom. The van der Waals surface area contributed by atoms with Gasteiger partial charge in [-0.1, -0.05) is 6.07 Å². The minimum absolute atomic E-state index is 0.00516. The molecule has 0 radical (unpaired) electrons. The Labute approximate surface area is 105 Å². The monoisotopic (exact) mass is 267 g/mol. The zero-order valence-corrected chi connectivity index (χ0v) is 10.4. The van der Waals surface area contributed by atoms with E-state index in [4.69, 9.17) is 5.73 Å². The number of urea groups is 1. The predicted molar refractivity (Wildman–Crippen MR) is 68.1 cm³/mol. The zero-order valence-electron chi connectivity index (χ0n) is 9.54. The van der Waals surface area contributed by atoms with Gasteiger partial charge in [-0.2, -0.15) is 0 Å². The fourth-order valence-electron chi connectivity index (χ4n) is 2.58. The maximum atomic E-state index is 11.9. The summed E-state index contributed by atoms with van der Waals surface area (Å²) in [4.78, 5) is 13.4. The Balaban J connectivity index is 1.99. The second kappa shape index (κ2) is 3.61. The number of carbonyl (C=O) groups is 1. The third kappa shape index (κ3) is 1.71. The highest BCUT2D eigenvalue weighted by Crippen LogP contribution is 2.30. The average Bonchev–Trinajstić information content (AvgIpc) is 2.68. The molecule has 2 atom stereocenters. The summed E-state index contributed by atoms with van der Waals surface area (Å²) in [6.07, 6.45) is 0. The van der Waals surface area contributed by atoms with Crippen molar-refractivity contribution in [2.45, 2.75) is 12.1 Å². The van der Waals surface area contributed by atoms with Crippen molar-refractivity contribution in [3.8, 4) is 0 Å². The second-order valence-corrected chi connectivity index (χ2v) is 6.82. The normalized spacial score (nSPS) is 29.1. The molecule has 6 nitrogen and oxygen atoms in total. The molecule has 96 valence electrons. The molecule has 2 aliphatic rings.